The fourth-order valence-corrected chi connectivity index (χ4v) is 4.30. The highest BCUT2D eigenvalue weighted by Gasteiger charge is 2.38. The molecule has 1 heterocycles. The van der Waals surface area contributed by atoms with Crippen LogP contribution in [0.2, 0.25) is 0 Å². The average Bonchev–Trinajstić information content (AvgIpc) is 2.81. The minimum atomic E-state index is -0.761. The lowest BCUT2D eigenvalue weighted by Gasteiger charge is -2.39. The zero-order valence-electron chi connectivity index (χ0n) is 21.5. The van der Waals surface area contributed by atoms with Gasteiger partial charge in [-0.05, 0) is 42.7 Å². The molecule has 2 atom stereocenters. The number of carbonyl (C=O) groups excluding carboxylic acids is 4. The van der Waals surface area contributed by atoms with Crippen molar-refractivity contribution in [1.29, 1.82) is 0 Å². The summed E-state index contributed by atoms with van der Waals surface area (Å²) in [4.78, 5) is 51.6. The summed E-state index contributed by atoms with van der Waals surface area (Å²) in [6.07, 6.45) is 2.00. The number of hydrogen-bond donors (Lipinski definition) is 3. The molecule has 0 saturated carbocycles. The number of carbonyl (C=O) groups is 4. The van der Waals surface area contributed by atoms with Crippen molar-refractivity contribution in [2.45, 2.75) is 66.0 Å². The summed E-state index contributed by atoms with van der Waals surface area (Å²) in [5.74, 6) is -1.13. The van der Waals surface area contributed by atoms with Crippen LogP contribution in [0.4, 0.5) is 0 Å². The van der Waals surface area contributed by atoms with Gasteiger partial charge in [0.15, 0.2) is 0 Å². The number of nitrogens with one attached hydrogen (secondary N) is 2. The Morgan fingerprint density at radius 1 is 1.14 bits per heavy atom. The van der Waals surface area contributed by atoms with E-state index in [9.17, 15) is 24.4 Å². The van der Waals surface area contributed by atoms with E-state index in [0.717, 1.165) is 0 Å². The second kappa shape index (κ2) is 12.7. The molecule has 194 valence electrons. The van der Waals surface area contributed by atoms with Crippen LogP contribution in [-0.4, -0.2) is 71.0 Å². The van der Waals surface area contributed by atoms with E-state index in [4.69, 9.17) is 0 Å². The van der Waals surface area contributed by atoms with E-state index in [1.54, 1.807) is 17.0 Å². The first kappa shape index (κ1) is 28.3. The van der Waals surface area contributed by atoms with Gasteiger partial charge in [0.1, 0.15) is 6.04 Å². The summed E-state index contributed by atoms with van der Waals surface area (Å²) >= 11 is 0. The number of rotatable bonds is 10. The molecule has 9 heteroatoms. The standard InChI is InChI=1S/C26H40N4O5/c1-18(2)15-20(16-30(35)17-31)24(33)28-22(26(3,4)5)25(34)29-13-11-21(12-14-29)27-23(32)19-9-7-6-8-10-19/h6-10,17-18,20-22,35H,11-16H2,1-5H3,(H,27,32)(H,28,33)/t20-,22-/m1/s1. The molecule has 3 N–H and O–H groups in total. The third-order valence-electron chi connectivity index (χ3n) is 6.23. The molecule has 9 nitrogen and oxygen atoms in total. The quantitative estimate of drug-likeness (QED) is 0.266. The number of hydroxylamine groups is 2. The third-order valence-corrected chi connectivity index (χ3v) is 6.23. The molecule has 0 radical (unpaired) electrons. The first-order valence-corrected chi connectivity index (χ1v) is 12.3. The minimum absolute atomic E-state index is 0.0243. The van der Waals surface area contributed by atoms with E-state index < -0.39 is 17.4 Å². The highest BCUT2D eigenvalue weighted by molar-refractivity contribution is 5.94. The molecular formula is C26H40N4O5. The van der Waals surface area contributed by atoms with Crippen LogP contribution in [0.5, 0.6) is 0 Å². The Morgan fingerprint density at radius 2 is 1.74 bits per heavy atom. The lowest BCUT2D eigenvalue weighted by molar-refractivity contribution is -0.156. The van der Waals surface area contributed by atoms with Crippen molar-refractivity contribution in [2.24, 2.45) is 17.3 Å². The number of hydrogen-bond acceptors (Lipinski definition) is 5. The summed E-state index contributed by atoms with van der Waals surface area (Å²) in [5.41, 5.74) is 0.0605. The summed E-state index contributed by atoms with van der Waals surface area (Å²) < 4.78 is 0. The highest BCUT2D eigenvalue weighted by atomic mass is 16.5. The zero-order chi connectivity index (χ0) is 26.2. The summed E-state index contributed by atoms with van der Waals surface area (Å²) in [5, 5.41) is 16.0. The molecule has 0 aliphatic carbocycles. The second-order valence-corrected chi connectivity index (χ2v) is 10.8. The molecule has 35 heavy (non-hydrogen) atoms. The van der Waals surface area contributed by atoms with Gasteiger partial charge in [0.2, 0.25) is 18.2 Å². The first-order valence-electron chi connectivity index (χ1n) is 12.3. The van der Waals surface area contributed by atoms with Gasteiger partial charge < -0.3 is 15.5 Å². The molecule has 1 aromatic rings. The summed E-state index contributed by atoms with van der Waals surface area (Å²) in [7, 11) is 0. The molecule has 1 aliphatic rings. The normalized spacial score (nSPS) is 16.4. The van der Waals surface area contributed by atoms with Crippen LogP contribution < -0.4 is 10.6 Å². The van der Waals surface area contributed by atoms with Gasteiger partial charge in [0, 0.05) is 24.7 Å². The van der Waals surface area contributed by atoms with Crippen LogP contribution in [0.15, 0.2) is 30.3 Å². The van der Waals surface area contributed by atoms with Crippen molar-refractivity contribution in [3.8, 4) is 0 Å². The minimum Gasteiger partial charge on any atom is -0.349 e. The Kier molecular flexibility index (Phi) is 10.2. The van der Waals surface area contributed by atoms with Crippen LogP contribution >= 0.6 is 0 Å². The van der Waals surface area contributed by atoms with Gasteiger partial charge >= 0.3 is 0 Å². The van der Waals surface area contributed by atoms with Crippen LogP contribution in [0, 0.1) is 17.3 Å². The van der Waals surface area contributed by atoms with Crippen LogP contribution in [0.1, 0.15) is 64.2 Å². The van der Waals surface area contributed by atoms with Crippen LogP contribution in [0.3, 0.4) is 0 Å². The van der Waals surface area contributed by atoms with Crippen molar-refractivity contribution in [2.75, 3.05) is 19.6 Å². The Hall–Kier alpha value is -2.94. The number of likely N-dealkylation sites (tertiary alicyclic amines) is 1. The molecule has 2 rings (SSSR count). The van der Waals surface area contributed by atoms with Gasteiger partial charge in [0.05, 0.1) is 12.5 Å². The van der Waals surface area contributed by atoms with Crippen molar-refractivity contribution in [3.63, 3.8) is 0 Å². The molecule has 1 fully saturated rings. The van der Waals surface area contributed by atoms with Gasteiger partial charge in [-0.15, -0.1) is 0 Å². The summed E-state index contributed by atoms with van der Waals surface area (Å²) in [6, 6.07) is 8.25. The Morgan fingerprint density at radius 3 is 2.26 bits per heavy atom. The first-order chi connectivity index (χ1) is 16.4. The van der Waals surface area contributed by atoms with Crippen molar-refractivity contribution in [1.82, 2.24) is 20.6 Å². The van der Waals surface area contributed by atoms with Gasteiger partial charge in [-0.3, -0.25) is 24.4 Å². The van der Waals surface area contributed by atoms with E-state index in [-0.39, 0.29) is 42.6 Å². The monoisotopic (exact) mass is 488 g/mol. The molecule has 1 aliphatic heterocycles. The number of amides is 4. The van der Waals surface area contributed by atoms with E-state index in [0.29, 0.717) is 43.0 Å². The molecule has 0 bridgehead atoms. The molecule has 4 amide bonds. The number of benzene rings is 1. The maximum atomic E-state index is 13.5. The molecule has 0 aromatic heterocycles. The number of piperidine rings is 1. The lowest BCUT2D eigenvalue weighted by atomic mass is 9.84. The largest absolute Gasteiger partial charge is 0.349 e. The number of nitrogens with zero attached hydrogens (tertiary/aromatic N) is 2. The molecule has 0 spiro atoms. The van der Waals surface area contributed by atoms with E-state index in [1.165, 1.54) is 0 Å². The fraction of sp³-hybridized carbons (Fsp3) is 0.615. The predicted molar refractivity (Wildman–Crippen MR) is 132 cm³/mol. The Bertz CT molecular complexity index is 860. The molecule has 0 unspecified atom stereocenters. The zero-order valence-corrected chi connectivity index (χ0v) is 21.5. The van der Waals surface area contributed by atoms with Gasteiger partial charge in [-0.1, -0.05) is 52.8 Å². The van der Waals surface area contributed by atoms with E-state index >= 15 is 0 Å². The maximum Gasteiger partial charge on any atom is 0.251 e. The SMILES string of the molecule is CC(C)C[C@H](CN(O)C=O)C(=O)N[C@H](C(=O)N1CCC(NC(=O)c2ccccc2)CC1)C(C)(C)C. The van der Waals surface area contributed by atoms with Crippen molar-refractivity contribution in [3.05, 3.63) is 35.9 Å². The topological polar surface area (TPSA) is 119 Å². The van der Waals surface area contributed by atoms with Gasteiger partial charge in [-0.25, -0.2) is 5.06 Å². The van der Waals surface area contributed by atoms with Gasteiger partial charge in [-0.2, -0.15) is 0 Å². The highest BCUT2D eigenvalue weighted by Crippen LogP contribution is 2.24. The van der Waals surface area contributed by atoms with Gasteiger partial charge in [0.25, 0.3) is 5.91 Å². The lowest BCUT2D eigenvalue weighted by Crippen LogP contribution is -2.58. The van der Waals surface area contributed by atoms with Crippen molar-refractivity contribution >= 4 is 24.1 Å². The predicted octanol–water partition coefficient (Wildman–Crippen LogP) is 2.45. The summed E-state index contributed by atoms with van der Waals surface area (Å²) in [6.45, 7) is 10.4. The smallest absolute Gasteiger partial charge is 0.251 e. The maximum absolute atomic E-state index is 13.5. The van der Waals surface area contributed by atoms with Crippen LogP contribution in [-0.2, 0) is 14.4 Å². The van der Waals surface area contributed by atoms with E-state index in [1.807, 2.05) is 52.8 Å². The fourth-order valence-electron chi connectivity index (χ4n) is 4.30. The van der Waals surface area contributed by atoms with Crippen LogP contribution in [0.25, 0.3) is 0 Å². The molecule has 1 aromatic carbocycles. The second-order valence-electron chi connectivity index (χ2n) is 10.8. The third kappa shape index (κ3) is 8.65. The average molecular weight is 489 g/mol. The molecular weight excluding hydrogens is 448 g/mol. The Balaban J connectivity index is 2.01. The molecule has 1 saturated heterocycles. The van der Waals surface area contributed by atoms with E-state index in [2.05, 4.69) is 10.6 Å². The Labute approximate surface area is 208 Å². The van der Waals surface area contributed by atoms with Crippen molar-refractivity contribution < 1.29 is 24.4 Å².